The molecule has 0 aliphatic carbocycles. The molecule has 102 valence electrons. The van der Waals surface area contributed by atoms with Gasteiger partial charge in [-0.3, -0.25) is 0 Å². The number of anilines is 2. The fraction of sp³-hybridized carbons (Fsp3) is 0.455. The van der Waals surface area contributed by atoms with Crippen molar-refractivity contribution >= 4 is 32.2 Å². The molecule has 0 atom stereocenters. The highest BCUT2D eigenvalue weighted by Gasteiger charge is 2.24. The molecule has 8 heteroatoms. The Hall–Kier alpha value is -1.83. The van der Waals surface area contributed by atoms with Crippen LogP contribution in [0.15, 0.2) is 16.8 Å². The number of aromatic nitrogens is 2. The van der Waals surface area contributed by atoms with Gasteiger partial charge >= 0.3 is 0 Å². The molecule has 1 aliphatic heterocycles. The number of nitrogen functional groups attached to an aromatic ring is 1. The maximum Gasteiger partial charge on any atom is 0.160 e. The van der Waals surface area contributed by atoms with Gasteiger partial charge in [0.25, 0.3) is 0 Å². The third kappa shape index (κ3) is 2.35. The zero-order valence-electron chi connectivity index (χ0n) is 10.2. The van der Waals surface area contributed by atoms with Crippen LogP contribution in [0, 0.1) is 0 Å². The third-order valence-electron chi connectivity index (χ3n) is 3.36. The lowest BCUT2D eigenvalue weighted by Gasteiger charge is -2.24. The average molecular weight is 282 g/mol. The average Bonchev–Trinajstić information content (AvgIpc) is 2.85. The van der Waals surface area contributed by atoms with Gasteiger partial charge in [0.1, 0.15) is 9.84 Å². The second kappa shape index (κ2) is 4.37. The van der Waals surface area contributed by atoms with Gasteiger partial charge in [0.2, 0.25) is 0 Å². The van der Waals surface area contributed by atoms with Crippen LogP contribution in [-0.2, 0) is 9.84 Å². The smallest absolute Gasteiger partial charge is 0.160 e. The van der Waals surface area contributed by atoms with Crippen molar-refractivity contribution in [1.29, 1.82) is 0 Å². The molecule has 7 nitrogen and oxygen atoms in total. The SMILES string of the molecule is Nc1ccc(NC2CCS(=O)(=O)CC2)c2nonc12. The van der Waals surface area contributed by atoms with E-state index in [4.69, 9.17) is 10.4 Å². The van der Waals surface area contributed by atoms with Gasteiger partial charge < -0.3 is 11.1 Å². The number of hydrogen-bond donors (Lipinski definition) is 2. The second-order valence-electron chi connectivity index (χ2n) is 4.73. The molecule has 0 bridgehead atoms. The molecule has 2 aromatic rings. The first-order valence-electron chi connectivity index (χ1n) is 6.03. The molecular weight excluding hydrogens is 268 g/mol. The summed E-state index contributed by atoms with van der Waals surface area (Å²) in [6.45, 7) is 0. The van der Waals surface area contributed by atoms with Crippen LogP contribution in [0.1, 0.15) is 12.8 Å². The third-order valence-corrected chi connectivity index (χ3v) is 5.08. The largest absolute Gasteiger partial charge is 0.397 e. The van der Waals surface area contributed by atoms with Crippen molar-refractivity contribution < 1.29 is 13.0 Å². The van der Waals surface area contributed by atoms with Crippen molar-refractivity contribution in [1.82, 2.24) is 10.3 Å². The standard InChI is InChI=1S/C11H14N4O3S/c12-8-1-2-9(11-10(8)14-18-15-11)13-7-3-5-19(16,17)6-4-7/h1-2,7,13H,3-6,12H2. The van der Waals surface area contributed by atoms with Crippen molar-refractivity contribution in [2.75, 3.05) is 22.6 Å². The molecular formula is C11H14N4O3S. The summed E-state index contributed by atoms with van der Waals surface area (Å²) in [6, 6.07) is 3.66. The summed E-state index contributed by atoms with van der Waals surface area (Å²) in [6.07, 6.45) is 1.19. The number of benzene rings is 1. The van der Waals surface area contributed by atoms with Crippen molar-refractivity contribution in [3.8, 4) is 0 Å². The Morgan fingerprint density at radius 2 is 1.89 bits per heavy atom. The van der Waals surface area contributed by atoms with E-state index in [1.165, 1.54) is 0 Å². The minimum atomic E-state index is -2.85. The van der Waals surface area contributed by atoms with E-state index in [-0.39, 0.29) is 17.5 Å². The molecule has 3 N–H and O–H groups in total. The number of fused-ring (bicyclic) bond motifs is 1. The minimum absolute atomic E-state index is 0.118. The van der Waals surface area contributed by atoms with Gasteiger partial charge in [-0.05, 0) is 35.3 Å². The van der Waals surface area contributed by atoms with Gasteiger partial charge in [-0.1, -0.05) is 0 Å². The van der Waals surface area contributed by atoms with Crippen LogP contribution in [0.2, 0.25) is 0 Å². The number of sulfone groups is 1. The highest BCUT2D eigenvalue weighted by atomic mass is 32.2. The highest BCUT2D eigenvalue weighted by molar-refractivity contribution is 7.91. The van der Waals surface area contributed by atoms with E-state index in [0.717, 1.165) is 5.69 Å². The van der Waals surface area contributed by atoms with Crippen molar-refractivity contribution in [2.24, 2.45) is 0 Å². The summed E-state index contributed by atoms with van der Waals surface area (Å²) in [4.78, 5) is 0. The van der Waals surface area contributed by atoms with Crippen LogP contribution >= 0.6 is 0 Å². The van der Waals surface area contributed by atoms with Gasteiger partial charge in [0.05, 0.1) is 22.9 Å². The second-order valence-corrected chi connectivity index (χ2v) is 7.04. The predicted molar refractivity (Wildman–Crippen MR) is 71.5 cm³/mol. The summed E-state index contributed by atoms with van der Waals surface area (Å²) >= 11 is 0. The fourth-order valence-electron chi connectivity index (χ4n) is 2.26. The first-order valence-corrected chi connectivity index (χ1v) is 7.85. The van der Waals surface area contributed by atoms with Gasteiger partial charge in [-0.15, -0.1) is 0 Å². The predicted octanol–water partition coefficient (Wildman–Crippen LogP) is 0.794. The van der Waals surface area contributed by atoms with E-state index in [1.54, 1.807) is 6.07 Å². The molecule has 0 unspecified atom stereocenters. The maximum absolute atomic E-state index is 11.4. The lowest BCUT2D eigenvalue weighted by molar-refractivity contribution is 0.315. The van der Waals surface area contributed by atoms with E-state index >= 15 is 0 Å². The Morgan fingerprint density at radius 3 is 2.63 bits per heavy atom. The van der Waals surface area contributed by atoms with Crippen molar-refractivity contribution in [3.63, 3.8) is 0 Å². The van der Waals surface area contributed by atoms with Crippen LogP contribution in [-0.4, -0.2) is 36.3 Å². The van der Waals surface area contributed by atoms with Crippen LogP contribution in [0.5, 0.6) is 0 Å². The van der Waals surface area contributed by atoms with Crippen LogP contribution in [0.25, 0.3) is 11.0 Å². The lowest BCUT2D eigenvalue weighted by atomic mass is 10.1. The Bertz CT molecular complexity index is 696. The summed E-state index contributed by atoms with van der Waals surface area (Å²) in [5.74, 6) is 0.444. The van der Waals surface area contributed by atoms with Crippen molar-refractivity contribution in [3.05, 3.63) is 12.1 Å². The summed E-state index contributed by atoms with van der Waals surface area (Å²) in [5, 5.41) is 10.9. The molecule has 1 fully saturated rings. The zero-order valence-corrected chi connectivity index (χ0v) is 11.0. The van der Waals surface area contributed by atoms with Gasteiger partial charge in [0, 0.05) is 6.04 Å². The Kier molecular flexibility index (Phi) is 2.81. The van der Waals surface area contributed by atoms with Crippen LogP contribution in [0.3, 0.4) is 0 Å². The molecule has 1 aromatic carbocycles. The molecule has 1 aromatic heterocycles. The fourth-order valence-corrected chi connectivity index (χ4v) is 3.75. The molecule has 0 amide bonds. The highest BCUT2D eigenvalue weighted by Crippen LogP contribution is 2.27. The van der Waals surface area contributed by atoms with Crippen LogP contribution in [0.4, 0.5) is 11.4 Å². The van der Waals surface area contributed by atoms with E-state index in [0.29, 0.717) is 29.6 Å². The first-order chi connectivity index (χ1) is 9.05. The molecule has 0 spiro atoms. The van der Waals surface area contributed by atoms with E-state index < -0.39 is 9.84 Å². The molecule has 1 saturated heterocycles. The number of hydrogen-bond acceptors (Lipinski definition) is 7. The maximum atomic E-state index is 11.4. The van der Waals surface area contributed by atoms with Gasteiger partial charge in [0.15, 0.2) is 11.0 Å². The van der Waals surface area contributed by atoms with E-state index in [2.05, 4.69) is 15.6 Å². The lowest BCUT2D eigenvalue weighted by Crippen LogP contribution is -2.32. The van der Waals surface area contributed by atoms with Gasteiger partial charge in [-0.25, -0.2) is 13.0 Å². The van der Waals surface area contributed by atoms with Gasteiger partial charge in [-0.2, -0.15) is 0 Å². The number of nitrogens with zero attached hydrogens (tertiary/aromatic N) is 2. The normalized spacial score (nSPS) is 19.6. The monoisotopic (exact) mass is 282 g/mol. The quantitative estimate of drug-likeness (QED) is 0.783. The summed E-state index contributed by atoms with van der Waals surface area (Å²) in [5.41, 5.74) is 8.15. The first kappa shape index (κ1) is 12.2. The molecule has 1 aliphatic rings. The number of rotatable bonds is 2. The Balaban J connectivity index is 1.83. The minimum Gasteiger partial charge on any atom is -0.397 e. The number of nitrogens with two attached hydrogens (primary N) is 1. The summed E-state index contributed by atoms with van der Waals surface area (Å²) in [7, 11) is -2.85. The van der Waals surface area contributed by atoms with Crippen LogP contribution < -0.4 is 11.1 Å². The Morgan fingerprint density at radius 1 is 1.21 bits per heavy atom. The molecule has 2 heterocycles. The van der Waals surface area contributed by atoms with Crippen molar-refractivity contribution in [2.45, 2.75) is 18.9 Å². The summed E-state index contributed by atoms with van der Waals surface area (Å²) < 4.78 is 27.5. The molecule has 19 heavy (non-hydrogen) atoms. The molecule has 0 saturated carbocycles. The molecule has 0 radical (unpaired) electrons. The molecule has 3 rings (SSSR count). The topological polar surface area (TPSA) is 111 Å². The Labute approximate surface area is 110 Å². The number of nitrogens with one attached hydrogen (secondary N) is 1. The zero-order chi connectivity index (χ0) is 13.5. The van der Waals surface area contributed by atoms with E-state index in [1.807, 2.05) is 6.07 Å². The van der Waals surface area contributed by atoms with E-state index in [9.17, 15) is 8.42 Å².